The molecule has 0 N–H and O–H groups in total. The number of nitrogens with zero attached hydrogens (tertiary/aromatic N) is 1. The van der Waals surface area contributed by atoms with Gasteiger partial charge in [-0.2, -0.15) is 0 Å². The number of rotatable bonds is 7. The van der Waals surface area contributed by atoms with Crippen molar-refractivity contribution < 1.29 is 13.6 Å². The minimum absolute atomic E-state index is 0.0946. The summed E-state index contributed by atoms with van der Waals surface area (Å²) in [4.78, 5) is 13.8. The van der Waals surface area contributed by atoms with Crippen molar-refractivity contribution in [2.24, 2.45) is 4.99 Å². The van der Waals surface area contributed by atoms with Gasteiger partial charge >= 0.3 is 8.56 Å². The Morgan fingerprint density at radius 1 is 1.20 bits per heavy atom. The standard InChI is InChI=1S/C10H21NO3Si/c1-6-15(8-11-7-12,13-9(2)3)14-10(4)5/h9-10H,6,8H2,1-5H3. The number of isocyanates is 1. The molecule has 0 saturated carbocycles. The lowest BCUT2D eigenvalue weighted by Gasteiger charge is -2.31. The third-order valence-corrected chi connectivity index (χ3v) is 5.34. The Kier molecular flexibility index (Phi) is 6.68. The van der Waals surface area contributed by atoms with Crippen LogP contribution in [0, 0.1) is 0 Å². The van der Waals surface area contributed by atoms with E-state index in [1.807, 2.05) is 34.6 Å². The van der Waals surface area contributed by atoms with Crippen LogP contribution in [0.15, 0.2) is 4.99 Å². The molecular weight excluding hydrogens is 210 g/mol. The lowest BCUT2D eigenvalue weighted by molar-refractivity contribution is 0.106. The van der Waals surface area contributed by atoms with E-state index in [0.29, 0.717) is 6.17 Å². The van der Waals surface area contributed by atoms with E-state index in [9.17, 15) is 4.79 Å². The second kappa shape index (κ2) is 6.90. The zero-order valence-corrected chi connectivity index (χ0v) is 11.2. The van der Waals surface area contributed by atoms with E-state index in [-0.39, 0.29) is 12.2 Å². The summed E-state index contributed by atoms with van der Waals surface area (Å²) < 4.78 is 11.7. The highest BCUT2D eigenvalue weighted by Crippen LogP contribution is 2.18. The molecule has 15 heavy (non-hydrogen) atoms. The third kappa shape index (κ3) is 5.84. The predicted octanol–water partition coefficient (Wildman–Crippen LogP) is 2.17. The van der Waals surface area contributed by atoms with Gasteiger partial charge in [-0.15, -0.1) is 0 Å². The lowest BCUT2D eigenvalue weighted by atomic mass is 10.5. The average molecular weight is 231 g/mol. The molecule has 0 unspecified atom stereocenters. The Morgan fingerprint density at radius 3 is 1.93 bits per heavy atom. The predicted molar refractivity (Wildman–Crippen MR) is 61.7 cm³/mol. The summed E-state index contributed by atoms with van der Waals surface area (Å²) >= 11 is 0. The molecule has 0 aromatic heterocycles. The summed E-state index contributed by atoms with van der Waals surface area (Å²) in [6, 6.07) is 0.786. The first kappa shape index (κ1) is 14.5. The van der Waals surface area contributed by atoms with Crippen LogP contribution < -0.4 is 0 Å². The van der Waals surface area contributed by atoms with Crippen molar-refractivity contribution in [3.05, 3.63) is 0 Å². The van der Waals surface area contributed by atoms with E-state index in [2.05, 4.69) is 4.99 Å². The summed E-state index contributed by atoms with van der Waals surface area (Å²) in [6.07, 6.45) is 2.08. The van der Waals surface area contributed by atoms with Crippen LogP contribution in [0.1, 0.15) is 34.6 Å². The van der Waals surface area contributed by atoms with Crippen LogP contribution in [-0.2, 0) is 13.6 Å². The summed E-state index contributed by atoms with van der Waals surface area (Å²) in [6.45, 7) is 9.87. The fourth-order valence-electron chi connectivity index (χ4n) is 1.39. The van der Waals surface area contributed by atoms with Crippen molar-refractivity contribution in [1.29, 1.82) is 0 Å². The number of hydrogen-bond donors (Lipinski definition) is 0. The monoisotopic (exact) mass is 231 g/mol. The topological polar surface area (TPSA) is 47.9 Å². The molecule has 0 aliphatic rings. The van der Waals surface area contributed by atoms with Gasteiger partial charge in [-0.25, -0.2) is 9.79 Å². The highest BCUT2D eigenvalue weighted by atomic mass is 28.4. The molecule has 5 heteroatoms. The largest absolute Gasteiger partial charge is 0.391 e. The lowest BCUT2D eigenvalue weighted by Crippen LogP contribution is -2.48. The van der Waals surface area contributed by atoms with Gasteiger partial charge in [-0.1, -0.05) is 6.92 Å². The molecule has 0 spiro atoms. The average Bonchev–Trinajstić information content (AvgIpc) is 2.12. The van der Waals surface area contributed by atoms with Crippen molar-refractivity contribution in [1.82, 2.24) is 0 Å². The maximum Gasteiger partial charge on any atom is 0.361 e. The molecule has 0 aromatic carbocycles. The molecule has 0 heterocycles. The van der Waals surface area contributed by atoms with E-state index in [1.165, 1.54) is 0 Å². The van der Waals surface area contributed by atoms with Gasteiger partial charge in [0.2, 0.25) is 6.08 Å². The molecular formula is C10H21NO3Si. The minimum atomic E-state index is -2.35. The molecule has 0 amide bonds. The SMILES string of the molecule is CC[Si](CN=C=O)(OC(C)C)OC(C)C. The minimum Gasteiger partial charge on any atom is -0.391 e. The van der Waals surface area contributed by atoms with E-state index >= 15 is 0 Å². The summed E-state index contributed by atoms with van der Waals surface area (Å²) in [5, 5.41) is 0. The Morgan fingerprint density at radius 2 is 1.67 bits per heavy atom. The number of hydrogen-bond acceptors (Lipinski definition) is 4. The molecule has 0 aliphatic carbocycles. The first-order valence-corrected chi connectivity index (χ1v) is 7.58. The third-order valence-electron chi connectivity index (χ3n) is 1.82. The van der Waals surface area contributed by atoms with E-state index in [4.69, 9.17) is 8.85 Å². The molecule has 4 nitrogen and oxygen atoms in total. The molecule has 0 radical (unpaired) electrons. The fraction of sp³-hybridized carbons (Fsp3) is 0.900. The zero-order chi connectivity index (χ0) is 11.9. The van der Waals surface area contributed by atoms with Crippen LogP contribution in [0.5, 0.6) is 0 Å². The second-order valence-electron chi connectivity index (χ2n) is 4.00. The van der Waals surface area contributed by atoms with Crippen molar-refractivity contribution in [3.63, 3.8) is 0 Å². The zero-order valence-electron chi connectivity index (χ0n) is 10.2. The van der Waals surface area contributed by atoms with Crippen LogP contribution in [0.25, 0.3) is 0 Å². The van der Waals surface area contributed by atoms with Crippen LogP contribution in [0.3, 0.4) is 0 Å². The molecule has 0 aromatic rings. The summed E-state index contributed by atoms with van der Waals surface area (Å²) in [5.74, 6) is 0. The Bertz CT molecular complexity index is 215. The van der Waals surface area contributed by atoms with Crippen LogP contribution >= 0.6 is 0 Å². The molecule has 0 rings (SSSR count). The molecule has 0 bridgehead atoms. The van der Waals surface area contributed by atoms with Gasteiger partial charge in [0.05, 0.1) is 6.17 Å². The molecule has 0 aliphatic heterocycles. The molecule has 0 fully saturated rings. The van der Waals surface area contributed by atoms with E-state index in [1.54, 1.807) is 6.08 Å². The van der Waals surface area contributed by atoms with E-state index < -0.39 is 8.56 Å². The molecule has 0 saturated heterocycles. The molecule has 0 atom stereocenters. The fourth-order valence-corrected chi connectivity index (χ4v) is 4.18. The maximum atomic E-state index is 10.2. The first-order valence-electron chi connectivity index (χ1n) is 5.35. The van der Waals surface area contributed by atoms with Crippen molar-refractivity contribution >= 4 is 14.6 Å². The first-order chi connectivity index (χ1) is 6.95. The van der Waals surface area contributed by atoms with Gasteiger partial charge < -0.3 is 8.85 Å². The van der Waals surface area contributed by atoms with Crippen LogP contribution in [0.2, 0.25) is 6.04 Å². The summed E-state index contributed by atoms with van der Waals surface area (Å²) in [5.41, 5.74) is 0. The highest BCUT2D eigenvalue weighted by Gasteiger charge is 2.37. The molecule has 88 valence electrons. The number of carbonyl (C=O) groups excluding carboxylic acids is 1. The van der Waals surface area contributed by atoms with Gasteiger partial charge in [-0.05, 0) is 33.7 Å². The van der Waals surface area contributed by atoms with Crippen molar-refractivity contribution in [2.75, 3.05) is 6.17 Å². The van der Waals surface area contributed by atoms with Gasteiger partial charge in [0, 0.05) is 12.2 Å². The quantitative estimate of drug-likeness (QED) is 0.383. The van der Waals surface area contributed by atoms with Gasteiger partial charge in [0.1, 0.15) is 0 Å². The van der Waals surface area contributed by atoms with Crippen LogP contribution in [-0.4, -0.2) is 33.0 Å². The Labute approximate surface area is 92.9 Å². The smallest absolute Gasteiger partial charge is 0.361 e. The Balaban J connectivity index is 4.65. The normalized spacial score (nSPS) is 11.9. The Hall–Kier alpha value is -0.483. The van der Waals surface area contributed by atoms with Gasteiger partial charge in [-0.3, -0.25) is 0 Å². The van der Waals surface area contributed by atoms with Crippen LogP contribution in [0.4, 0.5) is 0 Å². The van der Waals surface area contributed by atoms with E-state index in [0.717, 1.165) is 6.04 Å². The second-order valence-corrected chi connectivity index (χ2v) is 7.32. The van der Waals surface area contributed by atoms with Gasteiger partial charge in [0.25, 0.3) is 0 Å². The number of aliphatic imine (C=N–C) groups is 1. The van der Waals surface area contributed by atoms with Crippen molar-refractivity contribution in [3.8, 4) is 0 Å². The van der Waals surface area contributed by atoms with Gasteiger partial charge in [0.15, 0.2) is 0 Å². The van der Waals surface area contributed by atoms with Crippen molar-refractivity contribution in [2.45, 2.75) is 52.9 Å². The summed E-state index contributed by atoms with van der Waals surface area (Å²) in [7, 11) is -2.35. The highest BCUT2D eigenvalue weighted by molar-refractivity contribution is 6.67. The maximum absolute atomic E-state index is 10.2.